The van der Waals surface area contributed by atoms with E-state index in [1.165, 1.54) is 5.56 Å². The van der Waals surface area contributed by atoms with Gasteiger partial charge in [-0.15, -0.1) is 6.58 Å². The fourth-order valence-electron chi connectivity index (χ4n) is 0.575. The number of hydrogen-bond donors (Lipinski definition) is 0. The average Bonchev–Trinajstić information content (AvgIpc) is 2.19. The van der Waals surface area contributed by atoms with Gasteiger partial charge in [-0.2, -0.15) is 0 Å². The number of furan rings is 1. The van der Waals surface area contributed by atoms with Gasteiger partial charge >= 0.3 is 0 Å². The molecule has 0 amide bonds. The fraction of sp³-hybridized carbons (Fsp3) is 0.143. The topological polar surface area (TPSA) is 13.1 Å². The van der Waals surface area contributed by atoms with E-state index in [4.69, 9.17) is 4.42 Å². The molecular weight excluding hydrogens is 100 g/mol. The molecule has 0 aliphatic rings. The summed E-state index contributed by atoms with van der Waals surface area (Å²) in [5, 5.41) is 0. The van der Waals surface area contributed by atoms with Crippen molar-refractivity contribution >= 4 is 0 Å². The molecule has 42 valence electrons. The van der Waals surface area contributed by atoms with Crippen molar-refractivity contribution < 1.29 is 4.42 Å². The van der Waals surface area contributed by atoms with E-state index in [1.54, 1.807) is 12.5 Å². The highest BCUT2D eigenvalue weighted by Crippen LogP contribution is 1.99. The maximum Gasteiger partial charge on any atom is 0.0937 e. The molecule has 1 aromatic rings. The van der Waals surface area contributed by atoms with Gasteiger partial charge in [-0.25, -0.2) is 0 Å². The van der Waals surface area contributed by atoms with Crippen LogP contribution in [0, 0.1) is 0 Å². The minimum absolute atomic E-state index is 0.899. The van der Waals surface area contributed by atoms with Crippen LogP contribution in [0.4, 0.5) is 0 Å². The van der Waals surface area contributed by atoms with E-state index in [1.807, 2.05) is 12.1 Å². The Bertz CT molecular complexity index is 151. The Morgan fingerprint density at radius 3 is 3.12 bits per heavy atom. The Morgan fingerprint density at radius 1 is 1.75 bits per heavy atom. The SMILES string of the molecule is C=CCc1ccoc1. The summed E-state index contributed by atoms with van der Waals surface area (Å²) in [5.41, 5.74) is 1.18. The standard InChI is InChI=1S/C7H8O/c1-2-3-7-4-5-8-6-7/h2,4-6H,1,3H2. The number of allylic oxidation sites excluding steroid dienone is 1. The highest BCUT2D eigenvalue weighted by Gasteiger charge is 1.85. The molecule has 0 N–H and O–H groups in total. The molecule has 0 aliphatic carbocycles. The van der Waals surface area contributed by atoms with Crippen LogP contribution in [0.5, 0.6) is 0 Å². The predicted molar refractivity (Wildman–Crippen MR) is 32.6 cm³/mol. The zero-order valence-corrected chi connectivity index (χ0v) is 4.63. The molecule has 1 heterocycles. The van der Waals surface area contributed by atoms with Crippen molar-refractivity contribution in [3.05, 3.63) is 36.8 Å². The first-order valence-corrected chi connectivity index (χ1v) is 2.55. The second kappa shape index (κ2) is 2.36. The Morgan fingerprint density at radius 2 is 2.62 bits per heavy atom. The maximum atomic E-state index is 4.82. The average molecular weight is 108 g/mol. The van der Waals surface area contributed by atoms with Gasteiger partial charge in [0.15, 0.2) is 0 Å². The third kappa shape index (κ3) is 0.997. The van der Waals surface area contributed by atoms with Crippen molar-refractivity contribution in [1.82, 2.24) is 0 Å². The normalized spacial score (nSPS) is 9.00. The van der Waals surface area contributed by atoms with Crippen LogP contribution in [0.3, 0.4) is 0 Å². The van der Waals surface area contributed by atoms with Gasteiger partial charge in [0.2, 0.25) is 0 Å². The molecule has 0 radical (unpaired) electrons. The summed E-state index contributed by atoms with van der Waals surface area (Å²) in [6.07, 6.45) is 6.14. The fourth-order valence-corrected chi connectivity index (χ4v) is 0.575. The van der Waals surface area contributed by atoms with E-state index in [0.717, 1.165) is 6.42 Å². The van der Waals surface area contributed by atoms with Crippen molar-refractivity contribution in [2.75, 3.05) is 0 Å². The smallest absolute Gasteiger partial charge is 0.0937 e. The first kappa shape index (κ1) is 5.16. The van der Waals surface area contributed by atoms with Crippen LogP contribution in [-0.2, 0) is 6.42 Å². The van der Waals surface area contributed by atoms with Gasteiger partial charge in [-0.1, -0.05) is 6.08 Å². The van der Waals surface area contributed by atoms with Gasteiger partial charge in [0.05, 0.1) is 12.5 Å². The zero-order chi connectivity index (χ0) is 5.82. The molecule has 0 saturated heterocycles. The molecule has 0 fully saturated rings. The van der Waals surface area contributed by atoms with Gasteiger partial charge in [0.25, 0.3) is 0 Å². The molecule has 0 saturated carbocycles. The molecule has 1 rings (SSSR count). The highest BCUT2D eigenvalue weighted by molar-refractivity contribution is 5.08. The number of hydrogen-bond acceptors (Lipinski definition) is 1. The molecule has 0 spiro atoms. The minimum Gasteiger partial charge on any atom is -0.472 e. The second-order valence-corrected chi connectivity index (χ2v) is 1.62. The first-order chi connectivity index (χ1) is 3.93. The lowest BCUT2D eigenvalue weighted by molar-refractivity contribution is 0.565. The monoisotopic (exact) mass is 108 g/mol. The quantitative estimate of drug-likeness (QED) is 0.528. The maximum absolute atomic E-state index is 4.82. The summed E-state index contributed by atoms with van der Waals surface area (Å²) in [4.78, 5) is 0. The molecule has 1 heteroatoms. The largest absolute Gasteiger partial charge is 0.472 e. The van der Waals surface area contributed by atoms with Crippen LogP contribution in [0.15, 0.2) is 35.7 Å². The van der Waals surface area contributed by atoms with Gasteiger partial charge < -0.3 is 4.42 Å². The zero-order valence-electron chi connectivity index (χ0n) is 4.63. The van der Waals surface area contributed by atoms with E-state index in [-0.39, 0.29) is 0 Å². The van der Waals surface area contributed by atoms with Crippen molar-refractivity contribution in [3.8, 4) is 0 Å². The van der Waals surface area contributed by atoms with E-state index < -0.39 is 0 Å². The first-order valence-electron chi connectivity index (χ1n) is 2.55. The van der Waals surface area contributed by atoms with E-state index in [9.17, 15) is 0 Å². The van der Waals surface area contributed by atoms with Crippen LogP contribution in [0.25, 0.3) is 0 Å². The molecule has 0 unspecified atom stereocenters. The van der Waals surface area contributed by atoms with Crippen molar-refractivity contribution in [3.63, 3.8) is 0 Å². The summed E-state index contributed by atoms with van der Waals surface area (Å²) in [6.45, 7) is 3.59. The van der Waals surface area contributed by atoms with Crippen molar-refractivity contribution in [1.29, 1.82) is 0 Å². The van der Waals surface area contributed by atoms with Gasteiger partial charge in [-0.3, -0.25) is 0 Å². The van der Waals surface area contributed by atoms with Crippen LogP contribution >= 0.6 is 0 Å². The Balaban J connectivity index is 2.62. The van der Waals surface area contributed by atoms with E-state index in [2.05, 4.69) is 6.58 Å². The lowest BCUT2D eigenvalue weighted by Gasteiger charge is -1.79. The second-order valence-electron chi connectivity index (χ2n) is 1.62. The molecule has 0 aromatic carbocycles. The van der Waals surface area contributed by atoms with E-state index in [0.29, 0.717) is 0 Å². The van der Waals surface area contributed by atoms with Gasteiger partial charge in [0, 0.05) is 0 Å². The summed E-state index contributed by atoms with van der Waals surface area (Å²) in [6, 6.07) is 1.93. The van der Waals surface area contributed by atoms with Gasteiger partial charge in [-0.05, 0) is 18.1 Å². The van der Waals surface area contributed by atoms with Crippen LogP contribution < -0.4 is 0 Å². The van der Waals surface area contributed by atoms with Crippen LogP contribution in [0.2, 0.25) is 0 Å². The van der Waals surface area contributed by atoms with Crippen molar-refractivity contribution in [2.45, 2.75) is 6.42 Å². The Labute approximate surface area is 48.6 Å². The third-order valence-electron chi connectivity index (χ3n) is 0.960. The molecular formula is C7H8O. The summed E-state index contributed by atoms with van der Waals surface area (Å²) in [7, 11) is 0. The Hall–Kier alpha value is -0.980. The van der Waals surface area contributed by atoms with E-state index >= 15 is 0 Å². The van der Waals surface area contributed by atoms with Crippen LogP contribution in [-0.4, -0.2) is 0 Å². The minimum atomic E-state index is 0.899. The molecule has 8 heavy (non-hydrogen) atoms. The summed E-state index contributed by atoms with van der Waals surface area (Å²) >= 11 is 0. The van der Waals surface area contributed by atoms with Crippen molar-refractivity contribution in [2.24, 2.45) is 0 Å². The van der Waals surface area contributed by atoms with Crippen LogP contribution in [0.1, 0.15) is 5.56 Å². The number of rotatable bonds is 2. The molecule has 1 aromatic heterocycles. The predicted octanol–water partition coefficient (Wildman–Crippen LogP) is 2.01. The Kier molecular flexibility index (Phi) is 1.52. The molecule has 0 atom stereocenters. The molecule has 0 bridgehead atoms. The molecule has 1 nitrogen and oxygen atoms in total. The molecule has 0 aliphatic heterocycles. The third-order valence-corrected chi connectivity index (χ3v) is 0.960. The van der Waals surface area contributed by atoms with Gasteiger partial charge in [0.1, 0.15) is 0 Å². The highest BCUT2D eigenvalue weighted by atomic mass is 16.3. The lowest BCUT2D eigenvalue weighted by Crippen LogP contribution is -1.69. The summed E-state index contributed by atoms with van der Waals surface area (Å²) < 4.78 is 4.82. The summed E-state index contributed by atoms with van der Waals surface area (Å²) in [5.74, 6) is 0. The lowest BCUT2D eigenvalue weighted by atomic mass is 10.2.